The van der Waals surface area contributed by atoms with Gasteiger partial charge >= 0.3 is 58.4 Å². The zero-order chi connectivity index (χ0) is 13.9. The van der Waals surface area contributed by atoms with Gasteiger partial charge < -0.3 is 22.3 Å². The number of imidazole rings is 1. The number of hydrogen-bond donors (Lipinski definition) is 0. The first kappa shape index (κ1) is 17.8. The van der Waals surface area contributed by atoms with Crippen LogP contribution in [0, 0.1) is 6.92 Å². The number of aromatic nitrogens is 2. The standard InChI is InChI=1S/C12H13BF3N2O.K/c1-10-17-6-7-18(10)8-9-19-12-4-2-11(3-5-12)13(14,15)16;/h2-7H,8-9H2,1H3;/q-1;+1. The van der Waals surface area contributed by atoms with Gasteiger partial charge in [0, 0.05) is 12.4 Å². The number of aryl methyl sites for hydroxylation is 1. The smallest absolute Gasteiger partial charge is 0.492 e. The van der Waals surface area contributed by atoms with Crippen molar-refractivity contribution in [2.75, 3.05) is 6.61 Å². The molecule has 102 valence electrons. The van der Waals surface area contributed by atoms with E-state index >= 15 is 0 Å². The number of hydrogen-bond acceptors (Lipinski definition) is 2. The van der Waals surface area contributed by atoms with Crippen molar-refractivity contribution in [3.05, 3.63) is 42.5 Å². The summed E-state index contributed by atoms with van der Waals surface area (Å²) in [5, 5.41) is 0. The van der Waals surface area contributed by atoms with Crippen LogP contribution >= 0.6 is 0 Å². The molecule has 2 aromatic rings. The molecular weight excluding hydrogens is 295 g/mol. The van der Waals surface area contributed by atoms with Crippen LogP contribution in [0.25, 0.3) is 0 Å². The van der Waals surface area contributed by atoms with Crippen molar-refractivity contribution < 1.29 is 69.1 Å². The van der Waals surface area contributed by atoms with Crippen molar-refractivity contribution in [3.8, 4) is 5.75 Å². The van der Waals surface area contributed by atoms with Crippen LogP contribution in [0.4, 0.5) is 12.9 Å². The SMILES string of the molecule is Cc1nccn1CCOc1ccc([B-](F)(F)F)cc1.[K+]. The Bertz CT molecular complexity index is 542. The van der Waals surface area contributed by atoms with Gasteiger partial charge in [-0.15, -0.1) is 5.46 Å². The quantitative estimate of drug-likeness (QED) is 0.685. The molecule has 0 aliphatic carbocycles. The van der Waals surface area contributed by atoms with E-state index in [0.29, 0.717) is 18.9 Å². The Morgan fingerprint density at radius 2 is 1.85 bits per heavy atom. The fraction of sp³-hybridized carbons (Fsp3) is 0.250. The van der Waals surface area contributed by atoms with Crippen molar-refractivity contribution in [2.45, 2.75) is 13.5 Å². The summed E-state index contributed by atoms with van der Waals surface area (Å²) in [5.74, 6) is 1.31. The van der Waals surface area contributed by atoms with E-state index in [-0.39, 0.29) is 51.4 Å². The molecule has 0 fully saturated rings. The number of halogens is 3. The molecule has 0 aliphatic heterocycles. The van der Waals surface area contributed by atoms with Crippen LogP contribution in [0.2, 0.25) is 0 Å². The second-order valence-corrected chi connectivity index (χ2v) is 4.16. The second-order valence-electron chi connectivity index (χ2n) is 4.16. The van der Waals surface area contributed by atoms with Crippen LogP contribution in [0.1, 0.15) is 5.82 Å². The van der Waals surface area contributed by atoms with Gasteiger partial charge in [-0.3, -0.25) is 0 Å². The van der Waals surface area contributed by atoms with Crippen LogP contribution in [0.15, 0.2) is 36.7 Å². The fourth-order valence-electron chi connectivity index (χ4n) is 1.68. The molecule has 1 aromatic heterocycles. The predicted molar refractivity (Wildman–Crippen MR) is 67.6 cm³/mol. The molecule has 1 heterocycles. The molecule has 20 heavy (non-hydrogen) atoms. The number of ether oxygens (including phenoxy) is 1. The van der Waals surface area contributed by atoms with Gasteiger partial charge in [-0.25, -0.2) is 4.98 Å². The number of benzene rings is 1. The van der Waals surface area contributed by atoms with Crippen LogP contribution in [-0.2, 0) is 6.54 Å². The van der Waals surface area contributed by atoms with Crippen molar-refractivity contribution >= 4 is 12.4 Å². The molecule has 8 heteroatoms. The Balaban J connectivity index is 0.00000200. The maximum atomic E-state index is 12.4. The molecule has 0 spiro atoms. The molecule has 0 unspecified atom stereocenters. The Kier molecular flexibility index (Phi) is 6.80. The van der Waals surface area contributed by atoms with Gasteiger partial charge in [0.2, 0.25) is 0 Å². The Morgan fingerprint density at radius 1 is 1.20 bits per heavy atom. The summed E-state index contributed by atoms with van der Waals surface area (Å²) >= 11 is 0. The zero-order valence-corrected chi connectivity index (χ0v) is 14.5. The number of rotatable bonds is 5. The van der Waals surface area contributed by atoms with Gasteiger partial charge in [-0.05, 0) is 19.1 Å². The summed E-state index contributed by atoms with van der Waals surface area (Å²) in [5.41, 5.74) is -0.613. The summed E-state index contributed by atoms with van der Waals surface area (Å²) < 4.78 is 44.5. The van der Waals surface area contributed by atoms with Gasteiger partial charge in [0.15, 0.2) is 0 Å². The number of nitrogens with zero attached hydrogens (tertiary/aromatic N) is 2. The zero-order valence-electron chi connectivity index (χ0n) is 11.4. The predicted octanol–water partition coefficient (Wildman–Crippen LogP) is -0.671. The largest absolute Gasteiger partial charge is 1.00 e. The summed E-state index contributed by atoms with van der Waals surface area (Å²) in [6.07, 6.45) is 3.52. The molecular formula is C12H13BF3KN2O. The van der Waals surface area contributed by atoms with E-state index in [1.54, 1.807) is 6.20 Å². The second kappa shape index (κ2) is 7.65. The Hall–Kier alpha value is -0.279. The first-order chi connectivity index (χ1) is 8.97. The van der Waals surface area contributed by atoms with E-state index in [1.165, 1.54) is 12.1 Å². The minimum atomic E-state index is -4.94. The van der Waals surface area contributed by atoms with E-state index in [4.69, 9.17) is 4.74 Å². The molecule has 2 rings (SSSR count). The summed E-state index contributed by atoms with van der Waals surface area (Å²) in [6.45, 7) is -2.07. The molecule has 0 aliphatic rings. The third-order valence-electron chi connectivity index (χ3n) is 2.78. The topological polar surface area (TPSA) is 27.1 Å². The maximum absolute atomic E-state index is 12.4. The average Bonchev–Trinajstić information content (AvgIpc) is 2.75. The molecule has 0 saturated heterocycles. The van der Waals surface area contributed by atoms with Crippen LogP contribution in [0.5, 0.6) is 5.75 Å². The van der Waals surface area contributed by atoms with Gasteiger partial charge in [-0.2, -0.15) is 0 Å². The van der Waals surface area contributed by atoms with E-state index in [1.807, 2.05) is 17.7 Å². The summed E-state index contributed by atoms with van der Waals surface area (Å²) in [4.78, 5) is 4.07. The van der Waals surface area contributed by atoms with E-state index in [9.17, 15) is 12.9 Å². The van der Waals surface area contributed by atoms with Crippen molar-refractivity contribution in [1.82, 2.24) is 9.55 Å². The molecule has 0 saturated carbocycles. The molecule has 0 amide bonds. The average molecular weight is 308 g/mol. The summed E-state index contributed by atoms with van der Waals surface area (Å²) in [6, 6.07) is 4.76. The van der Waals surface area contributed by atoms with Gasteiger partial charge in [0.25, 0.3) is 0 Å². The van der Waals surface area contributed by atoms with Gasteiger partial charge in [-0.1, -0.05) is 12.1 Å². The molecule has 1 aromatic carbocycles. The Morgan fingerprint density at radius 3 is 2.35 bits per heavy atom. The van der Waals surface area contributed by atoms with Gasteiger partial charge in [0.1, 0.15) is 18.2 Å². The van der Waals surface area contributed by atoms with Crippen molar-refractivity contribution in [3.63, 3.8) is 0 Å². The molecule has 0 bridgehead atoms. The first-order valence-corrected chi connectivity index (χ1v) is 5.87. The van der Waals surface area contributed by atoms with Crippen molar-refractivity contribution in [1.29, 1.82) is 0 Å². The molecule has 0 atom stereocenters. The fourth-order valence-corrected chi connectivity index (χ4v) is 1.68. The van der Waals surface area contributed by atoms with Crippen molar-refractivity contribution in [2.24, 2.45) is 0 Å². The first-order valence-electron chi connectivity index (χ1n) is 5.87. The minimum absolute atomic E-state index is 0. The third kappa shape index (κ3) is 4.92. The maximum Gasteiger partial charge on any atom is 1.00 e. The van der Waals surface area contributed by atoms with E-state index in [2.05, 4.69) is 4.98 Å². The van der Waals surface area contributed by atoms with Crippen LogP contribution < -0.4 is 61.6 Å². The monoisotopic (exact) mass is 308 g/mol. The Labute approximate surface area is 158 Å². The normalized spacial score (nSPS) is 11.0. The molecule has 0 N–H and O–H groups in total. The minimum Gasteiger partial charge on any atom is -0.492 e. The summed E-state index contributed by atoms with van der Waals surface area (Å²) in [7, 11) is 0. The van der Waals surface area contributed by atoms with E-state index < -0.39 is 12.4 Å². The van der Waals surface area contributed by atoms with Gasteiger partial charge in [0.05, 0.1) is 6.54 Å². The van der Waals surface area contributed by atoms with Crippen LogP contribution in [0.3, 0.4) is 0 Å². The van der Waals surface area contributed by atoms with Crippen LogP contribution in [-0.4, -0.2) is 23.1 Å². The third-order valence-corrected chi connectivity index (χ3v) is 2.78. The molecule has 0 radical (unpaired) electrons. The van der Waals surface area contributed by atoms with E-state index in [0.717, 1.165) is 18.0 Å². The molecule has 3 nitrogen and oxygen atoms in total.